The van der Waals surface area contributed by atoms with Crippen LogP contribution in [-0.4, -0.2) is 38.7 Å². The summed E-state index contributed by atoms with van der Waals surface area (Å²) in [4.78, 5) is 14.6. The van der Waals surface area contributed by atoms with Crippen LogP contribution in [0.15, 0.2) is 133 Å². The molecule has 0 unspecified atom stereocenters. The summed E-state index contributed by atoms with van der Waals surface area (Å²) in [5.74, 6) is 1.90. The Morgan fingerprint density at radius 2 is 0.867 bits per heavy atom. The largest absolute Gasteiger partial charge is 0.427 e. The molecule has 0 aliphatic carbocycles. The van der Waals surface area contributed by atoms with Crippen LogP contribution in [0.4, 0.5) is 0 Å². The van der Waals surface area contributed by atoms with Crippen molar-refractivity contribution in [2.45, 2.75) is 38.9 Å². The van der Waals surface area contributed by atoms with Crippen molar-refractivity contribution in [3.05, 3.63) is 133 Å². The third-order valence-corrected chi connectivity index (χ3v) is 8.45. The van der Waals surface area contributed by atoms with Gasteiger partial charge in [0.05, 0.1) is 11.2 Å². The molecule has 0 aliphatic heterocycles. The number of rotatable bonds is 9. The lowest BCUT2D eigenvalue weighted by Crippen LogP contribution is -2.49. The molecule has 6 aromatic rings. The summed E-state index contributed by atoms with van der Waals surface area (Å²) < 4.78 is 6.27. The molecule has 45 heavy (non-hydrogen) atoms. The molecule has 0 atom stereocenters. The number of hydrogen-bond donors (Lipinski definition) is 1. The minimum Gasteiger partial charge on any atom is -0.427 e. The molecule has 6 heteroatoms. The first-order valence-corrected chi connectivity index (χ1v) is 15.2. The maximum absolute atomic E-state index is 10.6. The van der Waals surface area contributed by atoms with Gasteiger partial charge in [-0.05, 0) is 55.4 Å². The van der Waals surface area contributed by atoms with E-state index in [1.54, 1.807) is 13.8 Å². The summed E-state index contributed by atoms with van der Waals surface area (Å²) in [6.07, 6.45) is 0. The van der Waals surface area contributed by atoms with E-state index in [0.29, 0.717) is 25.0 Å². The van der Waals surface area contributed by atoms with E-state index in [0.717, 1.165) is 44.4 Å². The number of hydrogen-bond acceptors (Lipinski definition) is 5. The minimum absolute atomic E-state index is 0.382. The van der Waals surface area contributed by atoms with Crippen molar-refractivity contribution in [2.24, 2.45) is 0 Å². The fraction of sp³-hybridized carbons (Fsp3) is 0.154. The Bertz CT molecular complexity index is 1840. The van der Waals surface area contributed by atoms with Gasteiger partial charge in [0.1, 0.15) is 0 Å². The number of nitrogens with zero attached hydrogens (tertiary/aromatic N) is 3. The molecular formula is C39H36BN3O2. The van der Waals surface area contributed by atoms with E-state index in [4.69, 9.17) is 19.6 Å². The van der Waals surface area contributed by atoms with E-state index in [1.165, 1.54) is 0 Å². The van der Waals surface area contributed by atoms with Gasteiger partial charge in [-0.15, -0.1) is 0 Å². The summed E-state index contributed by atoms with van der Waals surface area (Å²) in [6.45, 7) is 7.39. The van der Waals surface area contributed by atoms with Gasteiger partial charge in [0.25, 0.3) is 0 Å². The van der Waals surface area contributed by atoms with Crippen LogP contribution in [0.3, 0.4) is 0 Å². The predicted molar refractivity (Wildman–Crippen MR) is 185 cm³/mol. The molecule has 0 aliphatic rings. The Balaban J connectivity index is 1.36. The van der Waals surface area contributed by atoms with E-state index >= 15 is 0 Å². The second-order valence-electron chi connectivity index (χ2n) is 12.2. The van der Waals surface area contributed by atoms with E-state index in [9.17, 15) is 5.11 Å². The first-order chi connectivity index (χ1) is 21.7. The summed E-state index contributed by atoms with van der Waals surface area (Å²) >= 11 is 0. The first-order valence-electron chi connectivity index (χ1n) is 15.2. The van der Waals surface area contributed by atoms with Gasteiger partial charge in [-0.3, -0.25) is 0 Å². The fourth-order valence-electron chi connectivity index (χ4n) is 5.05. The highest BCUT2D eigenvalue weighted by atomic mass is 16.5. The SMILES string of the molecule is CC(C)(O)C(C)(C)OBc1ccccc1-c1ccccc1-c1ccc(-c2nc(-c3ccccc3)nc(-c3ccccc3)n2)cc1. The summed E-state index contributed by atoms with van der Waals surface area (Å²) in [5.41, 5.74) is 6.57. The van der Waals surface area contributed by atoms with Crippen LogP contribution in [0.2, 0.25) is 0 Å². The Kier molecular flexibility index (Phi) is 8.44. The number of benzene rings is 5. The second-order valence-corrected chi connectivity index (χ2v) is 12.2. The van der Waals surface area contributed by atoms with Crippen molar-refractivity contribution in [1.29, 1.82) is 0 Å². The third kappa shape index (κ3) is 6.63. The van der Waals surface area contributed by atoms with Crippen LogP contribution < -0.4 is 5.46 Å². The standard InChI is InChI=1S/C39H36BN3O2/c1-38(2,44)39(3,4)45-40-34-22-14-13-21-33(34)32-20-12-11-19-31(32)27-23-25-30(26-24-27)37-42-35(28-15-7-5-8-16-28)41-36(43-37)29-17-9-6-10-18-29/h5-26,40,44H,1-4H3. The predicted octanol–water partition coefficient (Wildman–Crippen LogP) is 7.75. The van der Waals surface area contributed by atoms with Gasteiger partial charge in [-0.2, -0.15) is 0 Å². The average Bonchev–Trinajstić information content (AvgIpc) is 3.08. The highest BCUT2D eigenvalue weighted by Gasteiger charge is 2.35. The first kappa shape index (κ1) is 30.1. The molecule has 0 amide bonds. The Labute approximate surface area is 265 Å². The molecular weight excluding hydrogens is 553 g/mol. The lowest BCUT2D eigenvalue weighted by atomic mass is 9.78. The summed E-state index contributed by atoms with van der Waals surface area (Å²) in [5, 5.41) is 10.6. The van der Waals surface area contributed by atoms with Gasteiger partial charge in [0.15, 0.2) is 17.5 Å². The zero-order chi connectivity index (χ0) is 31.4. The quantitative estimate of drug-likeness (QED) is 0.175. The van der Waals surface area contributed by atoms with Crippen LogP contribution >= 0.6 is 0 Å². The normalized spacial score (nSPS) is 11.8. The maximum Gasteiger partial charge on any atom is 0.310 e. The maximum atomic E-state index is 10.6. The Hall–Kier alpha value is -4.91. The van der Waals surface area contributed by atoms with E-state index in [-0.39, 0.29) is 0 Å². The number of aromatic nitrogens is 3. The Morgan fingerprint density at radius 3 is 1.38 bits per heavy atom. The zero-order valence-corrected chi connectivity index (χ0v) is 26.1. The monoisotopic (exact) mass is 589 g/mol. The zero-order valence-electron chi connectivity index (χ0n) is 26.1. The molecule has 1 heterocycles. The molecule has 0 radical (unpaired) electrons. The van der Waals surface area contributed by atoms with Crippen molar-refractivity contribution >= 4 is 12.9 Å². The van der Waals surface area contributed by atoms with Gasteiger partial charge >= 0.3 is 7.48 Å². The topological polar surface area (TPSA) is 68.1 Å². The third-order valence-electron chi connectivity index (χ3n) is 8.45. The highest BCUT2D eigenvalue weighted by Crippen LogP contribution is 2.33. The van der Waals surface area contributed by atoms with Gasteiger partial charge in [-0.25, -0.2) is 15.0 Å². The lowest BCUT2D eigenvalue weighted by molar-refractivity contribution is -0.0893. The van der Waals surface area contributed by atoms with Crippen LogP contribution in [0.25, 0.3) is 56.4 Å². The molecule has 1 aromatic heterocycles. The molecule has 1 N–H and O–H groups in total. The van der Waals surface area contributed by atoms with Gasteiger partial charge in [-0.1, -0.05) is 133 Å². The van der Waals surface area contributed by atoms with Gasteiger partial charge in [0, 0.05) is 16.7 Å². The van der Waals surface area contributed by atoms with Crippen LogP contribution in [0, 0.1) is 0 Å². The molecule has 5 aromatic carbocycles. The molecule has 0 saturated heterocycles. The highest BCUT2D eigenvalue weighted by molar-refractivity contribution is 6.49. The number of aliphatic hydroxyl groups is 1. The second kappa shape index (κ2) is 12.6. The molecule has 222 valence electrons. The molecule has 6 rings (SSSR count). The summed E-state index contributed by atoms with van der Waals surface area (Å²) in [6, 6.07) is 45.1. The van der Waals surface area contributed by atoms with Crippen LogP contribution in [0.5, 0.6) is 0 Å². The van der Waals surface area contributed by atoms with Crippen molar-refractivity contribution in [2.75, 3.05) is 0 Å². The van der Waals surface area contributed by atoms with Crippen LogP contribution in [0.1, 0.15) is 27.7 Å². The van der Waals surface area contributed by atoms with Crippen molar-refractivity contribution in [1.82, 2.24) is 15.0 Å². The van der Waals surface area contributed by atoms with E-state index in [2.05, 4.69) is 66.7 Å². The Morgan fingerprint density at radius 1 is 0.467 bits per heavy atom. The van der Waals surface area contributed by atoms with E-state index < -0.39 is 11.2 Å². The summed E-state index contributed by atoms with van der Waals surface area (Å²) in [7, 11) is 0.382. The van der Waals surface area contributed by atoms with Crippen molar-refractivity contribution in [3.8, 4) is 56.4 Å². The van der Waals surface area contributed by atoms with Crippen molar-refractivity contribution in [3.63, 3.8) is 0 Å². The molecule has 5 nitrogen and oxygen atoms in total. The molecule has 0 bridgehead atoms. The van der Waals surface area contributed by atoms with Crippen LogP contribution in [-0.2, 0) is 4.65 Å². The van der Waals surface area contributed by atoms with Gasteiger partial charge < -0.3 is 9.76 Å². The average molecular weight is 590 g/mol. The molecule has 0 spiro atoms. The molecule has 0 saturated carbocycles. The molecule has 0 fully saturated rings. The lowest BCUT2D eigenvalue weighted by Gasteiger charge is -2.37. The van der Waals surface area contributed by atoms with Crippen molar-refractivity contribution < 1.29 is 9.76 Å². The minimum atomic E-state index is -0.982. The van der Waals surface area contributed by atoms with Gasteiger partial charge in [0.2, 0.25) is 0 Å². The smallest absolute Gasteiger partial charge is 0.310 e. The fourth-order valence-corrected chi connectivity index (χ4v) is 5.05. The van der Waals surface area contributed by atoms with E-state index in [1.807, 2.05) is 80.6 Å².